The van der Waals surface area contributed by atoms with Crippen LogP contribution < -0.4 is 10.6 Å². The molecular weight excluding hydrogens is 264 g/mol. The van der Waals surface area contributed by atoms with Crippen molar-refractivity contribution in [2.24, 2.45) is 0 Å². The van der Waals surface area contributed by atoms with Crippen molar-refractivity contribution in [2.45, 2.75) is 19.9 Å². The van der Waals surface area contributed by atoms with Gasteiger partial charge in [-0.25, -0.2) is 0 Å². The van der Waals surface area contributed by atoms with Crippen LogP contribution >= 0.6 is 11.6 Å². The summed E-state index contributed by atoms with van der Waals surface area (Å²) in [7, 11) is 0. The second kappa shape index (κ2) is 6.29. The Morgan fingerprint density at radius 1 is 1.37 bits per heavy atom. The molecule has 4 nitrogen and oxygen atoms in total. The van der Waals surface area contributed by atoms with Gasteiger partial charge >= 0.3 is 0 Å². The summed E-state index contributed by atoms with van der Waals surface area (Å²) in [6.45, 7) is 2.42. The molecule has 0 unspecified atom stereocenters. The third-order valence-electron chi connectivity index (χ3n) is 2.63. The molecule has 0 bridgehead atoms. The molecule has 0 saturated heterocycles. The lowest BCUT2D eigenvalue weighted by Crippen LogP contribution is -2.09. The topological polar surface area (TPSA) is 54.3 Å². The van der Waals surface area contributed by atoms with Gasteiger partial charge < -0.3 is 15.1 Å². The van der Waals surface area contributed by atoms with E-state index in [-0.39, 0.29) is 5.91 Å². The zero-order chi connectivity index (χ0) is 13.7. The van der Waals surface area contributed by atoms with Crippen LogP contribution in [0.5, 0.6) is 0 Å². The Balaban J connectivity index is 2.06. The van der Waals surface area contributed by atoms with E-state index in [9.17, 15) is 4.79 Å². The number of hydrogen-bond acceptors (Lipinski definition) is 3. The quantitative estimate of drug-likeness (QED) is 0.872. The van der Waals surface area contributed by atoms with Crippen LogP contribution in [0.1, 0.15) is 18.9 Å². The van der Waals surface area contributed by atoms with E-state index in [0.29, 0.717) is 18.0 Å². The van der Waals surface area contributed by atoms with E-state index in [2.05, 4.69) is 10.6 Å². The highest BCUT2D eigenvalue weighted by Gasteiger charge is 2.04. The lowest BCUT2D eigenvalue weighted by atomic mass is 10.2. The molecule has 1 aromatic heterocycles. The van der Waals surface area contributed by atoms with Crippen molar-refractivity contribution in [3.05, 3.63) is 47.4 Å². The van der Waals surface area contributed by atoms with Gasteiger partial charge in [0.25, 0.3) is 0 Å². The van der Waals surface area contributed by atoms with Gasteiger partial charge in [-0.1, -0.05) is 18.5 Å². The summed E-state index contributed by atoms with van der Waals surface area (Å²) in [6.07, 6.45) is 3.74. The number of halogens is 1. The van der Waals surface area contributed by atoms with Crippen molar-refractivity contribution in [3.8, 4) is 0 Å². The van der Waals surface area contributed by atoms with Crippen LogP contribution in [-0.2, 0) is 11.3 Å². The molecule has 2 rings (SSSR count). The van der Waals surface area contributed by atoms with Crippen LogP contribution in [0.15, 0.2) is 41.2 Å². The Labute approximate surface area is 116 Å². The number of benzene rings is 1. The van der Waals surface area contributed by atoms with Crippen LogP contribution in [0.25, 0.3) is 0 Å². The summed E-state index contributed by atoms with van der Waals surface area (Å²) in [4.78, 5) is 11.3. The number of nitrogens with one attached hydrogen (secondary N) is 2. The van der Waals surface area contributed by atoms with Gasteiger partial charge in [-0.05, 0) is 24.3 Å². The highest BCUT2D eigenvalue weighted by Crippen LogP contribution is 2.26. The molecule has 2 aromatic rings. The Hall–Kier alpha value is -1.94. The molecule has 0 aliphatic rings. The SMILES string of the molecule is CCC(=O)Nc1ccc(Cl)c(NCc2ccoc2)c1. The number of amides is 1. The highest BCUT2D eigenvalue weighted by atomic mass is 35.5. The third kappa shape index (κ3) is 3.76. The molecule has 0 aliphatic carbocycles. The van der Waals surface area contributed by atoms with Crippen molar-refractivity contribution < 1.29 is 9.21 Å². The summed E-state index contributed by atoms with van der Waals surface area (Å²) >= 11 is 6.11. The Morgan fingerprint density at radius 3 is 2.89 bits per heavy atom. The molecule has 19 heavy (non-hydrogen) atoms. The minimum atomic E-state index is -0.0249. The molecule has 0 spiro atoms. The molecular formula is C14H15ClN2O2. The van der Waals surface area contributed by atoms with Crippen LogP contribution in [0, 0.1) is 0 Å². The largest absolute Gasteiger partial charge is 0.472 e. The molecule has 0 radical (unpaired) electrons. The summed E-state index contributed by atoms with van der Waals surface area (Å²) in [5.41, 5.74) is 2.53. The van der Waals surface area contributed by atoms with E-state index < -0.39 is 0 Å². The first-order valence-corrected chi connectivity index (χ1v) is 6.41. The molecule has 5 heteroatoms. The number of hydrogen-bond donors (Lipinski definition) is 2. The normalized spacial score (nSPS) is 10.2. The first kappa shape index (κ1) is 13.5. The zero-order valence-corrected chi connectivity index (χ0v) is 11.3. The van der Waals surface area contributed by atoms with Crippen molar-refractivity contribution >= 4 is 28.9 Å². The van der Waals surface area contributed by atoms with E-state index >= 15 is 0 Å². The monoisotopic (exact) mass is 278 g/mol. The molecule has 1 aromatic carbocycles. The van der Waals surface area contributed by atoms with Gasteiger partial charge in [-0.3, -0.25) is 4.79 Å². The number of anilines is 2. The molecule has 0 fully saturated rings. The number of carbonyl (C=O) groups excluding carboxylic acids is 1. The fourth-order valence-electron chi connectivity index (χ4n) is 1.58. The summed E-state index contributed by atoms with van der Waals surface area (Å²) in [5.74, 6) is -0.0249. The predicted molar refractivity (Wildman–Crippen MR) is 76.4 cm³/mol. The van der Waals surface area contributed by atoms with Gasteiger partial charge in [0.05, 0.1) is 23.2 Å². The maximum Gasteiger partial charge on any atom is 0.224 e. The Bertz CT molecular complexity index is 553. The van der Waals surface area contributed by atoms with Crippen LogP contribution in [0.3, 0.4) is 0 Å². The first-order valence-electron chi connectivity index (χ1n) is 6.03. The lowest BCUT2D eigenvalue weighted by Gasteiger charge is -2.10. The average molecular weight is 279 g/mol. The van der Waals surface area contributed by atoms with Gasteiger partial charge in [0.1, 0.15) is 0 Å². The standard InChI is InChI=1S/C14H15ClN2O2/c1-2-14(18)17-11-3-4-12(15)13(7-11)16-8-10-5-6-19-9-10/h3-7,9,16H,2,8H2,1H3,(H,17,18). The Morgan fingerprint density at radius 2 is 2.21 bits per heavy atom. The molecule has 100 valence electrons. The van der Waals surface area contributed by atoms with Crippen molar-refractivity contribution in [1.29, 1.82) is 0 Å². The fourth-order valence-corrected chi connectivity index (χ4v) is 1.76. The van der Waals surface area contributed by atoms with E-state index in [1.807, 2.05) is 19.1 Å². The average Bonchev–Trinajstić information content (AvgIpc) is 2.92. The van der Waals surface area contributed by atoms with Crippen LogP contribution in [0.4, 0.5) is 11.4 Å². The van der Waals surface area contributed by atoms with Gasteiger partial charge in [-0.2, -0.15) is 0 Å². The second-order valence-electron chi connectivity index (χ2n) is 4.08. The Kier molecular flexibility index (Phi) is 4.47. The maximum atomic E-state index is 11.3. The van der Waals surface area contributed by atoms with Gasteiger partial charge in [-0.15, -0.1) is 0 Å². The smallest absolute Gasteiger partial charge is 0.224 e. The molecule has 0 saturated carbocycles. The molecule has 2 N–H and O–H groups in total. The molecule has 1 amide bonds. The predicted octanol–water partition coefficient (Wildman–Crippen LogP) is 3.89. The molecule has 0 atom stereocenters. The third-order valence-corrected chi connectivity index (χ3v) is 2.96. The first-order chi connectivity index (χ1) is 9.19. The van der Waals surface area contributed by atoms with E-state index in [4.69, 9.17) is 16.0 Å². The molecule has 1 heterocycles. The summed E-state index contributed by atoms with van der Waals surface area (Å²) in [6, 6.07) is 7.23. The minimum Gasteiger partial charge on any atom is -0.472 e. The van der Waals surface area contributed by atoms with E-state index in [1.165, 1.54) is 0 Å². The van der Waals surface area contributed by atoms with Gasteiger partial charge in [0, 0.05) is 24.2 Å². The van der Waals surface area contributed by atoms with E-state index in [0.717, 1.165) is 16.9 Å². The minimum absolute atomic E-state index is 0.0249. The van der Waals surface area contributed by atoms with Gasteiger partial charge in [0.2, 0.25) is 5.91 Å². The molecule has 0 aliphatic heterocycles. The summed E-state index contributed by atoms with van der Waals surface area (Å²) in [5, 5.41) is 6.61. The van der Waals surface area contributed by atoms with Gasteiger partial charge in [0.15, 0.2) is 0 Å². The zero-order valence-electron chi connectivity index (χ0n) is 10.6. The number of furan rings is 1. The second-order valence-corrected chi connectivity index (χ2v) is 4.49. The fraction of sp³-hybridized carbons (Fsp3) is 0.214. The highest BCUT2D eigenvalue weighted by molar-refractivity contribution is 6.33. The van der Waals surface area contributed by atoms with Crippen molar-refractivity contribution in [3.63, 3.8) is 0 Å². The van der Waals surface area contributed by atoms with E-state index in [1.54, 1.807) is 24.7 Å². The lowest BCUT2D eigenvalue weighted by molar-refractivity contribution is -0.115. The summed E-state index contributed by atoms with van der Waals surface area (Å²) < 4.78 is 4.99. The van der Waals surface area contributed by atoms with Crippen LogP contribution in [-0.4, -0.2) is 5.91 Å². The maximum absolute atomic E-state index is 11.3. The van der Waals surface area contributed by atoms with Crippen molar-refractivity contribution in [1.82, 2.24) is 0 Å². The number of rotatable bonds is 5. The number of carbonyl (C=O) groups is 1. The van der Waals surface area contributed by atoms with Crippen molar-refractivity contribution in [2.75, 3.05) is 10.6 Å². The van der Waals surface area contributed by atoms with Crippen LogP contribution in [0.2, 0.25) is 5.02 Å².